The Labute approximate surface area is 190 Å². The lowest BCUT2D eigenvalue weighted by Gasteiger charge is -2.24. The molecular weight excluding hydrogens is 442 g/mol. The Kier molecular flexibility index (Phi) is 13.0. The van der Waals surface area contributed by atoms with Gasteiger partial charge in [0.2, 0.25) is 17.7 Å². The molecule has 0 aliphatic rings. The first-order valence-corrected chi connectivity index (χ1v) is 10.1. The van der Waals surface area contributed by atoms with Crippen LogP contribution in [0.15, 0.2) is 0 Å². The fourth-order valence-corrected chi connectivity index (χ4v) is 2.53. The number of aliphatic hydroxyl groups excluding tert-OH is 1. The number of hydrogen-bond acceptors (Lipinski definition) is 8. The predicted octanol–water partition coefficient (Wildman–Crippen LogP) is -3.62. The van der Waals surface area contributed by atoms with Gasteiger partial charge in [-0.3, -0.25) is 24.6 Å². The van der Waals surface area contributed by atoms with E-state index in [1.165, 1.54) is 13.8 Å². The van der Waals surface area contributed by atoms with E-state index < -0.39 is 59.9 Å². The predicted molar refractivity (Wildman–Crippen MR) is 115 cm³/mol. The van der Waals surface area contributed by atoms with Gasteiger partial charge in [0.15, 0.2) is 12.0 Å². The highest BCUT2D eigenvalue weighted by Gasteiger charge is 2.30. The lowest BCUT2D eigenvalue weighted by Crippen LogP contribution is -2.57. The second kappa shape index (κ2) is 14.6. The molecule has 0 aromatic carbocycles. The van der Waals surface area contributed by atoms with Crippen molar-refractivity contribution >= 4 is 35.6 Å². The summed E-state index contributed by atoms with van der Waals surface area (Å²) in [6.45, 7) is 2.67. The SMILES string of the molecule is C[C@H](NC(=O)[C@H](CCCNC(=N)N)NC(=O)[C@@H](N)CCC(=O)O)C(=O)N[C@H](C(=O)O)[C@@H](C)O. The van der Waals surface area contributed by atoms with Crippen molar-refractivity contribution in [2.24, 2.45) is 11.5 Å². The Bertz CT molecular complexity index is 731. The highest BCUT2D eigenvalue weighted by molar-refractivity contribution is 5.94. The van der Waals surface area contributed by atoms with Crippen LogP contribution in [0.2, 0.25) is 0 Å². The van der Waals surface area contributed by atoms with Crippen LogP contribution in [-0.2, 0) is 24.0 Å². The highest BCUT2D eigenvalue weighted by Crippen LogP contribution is 2.02. The average molecular weight is 476 g/mol. The quantitative estimate of drug-likeness (QED) is 0.0627. The van der Waals surface area contributed by atoms with Gasteiger partial charge in [-0.25, -0.2) is 4.79 Å². The van der Waals surface area contributed by atoms with Crippen molar-refractivity contribution in [3.8, 4) is 0 Å². The van der Waals surface area contributed by atoms with Gasteiger partial charge in [0, 0.05) is 13.0 Å². The van der Waals surface area contributed by atoms with E-state index in [1.807, 2.05) is 0 Å². The minimum atomic E-state index is -1.59. The monoisotopic (exact) mass is 475 g/mol. The average Bonchev–Trinajstić information content (AvgIpc) is 2.70. The molecule has 0 saturated heterocycles. The number of hydrogen-bond donors (Lipinski definition) is 10. The Morgan fingerprint density at radius 1 is 0.939 bits per heavy atom. The fourth-order valence-electron chi connectivity index (χ4n) is 2.53. The first-order chi connectivity index (χ1) is 15.3. The molecule has 3 amide bonds. The van der Waals surface area contributed by atoms with Crippen molar-refractivity contribution in [1.29, 1.82) is 5.41 Å². The molecule has 0 aromatic heterocycles. The standard InChI is InChI=1S/C18H33N7O8/c1-8(14(29)25-13(9(2)26)17(32)33)23-16(31)11(4-3-7-22-18(20)21)24-15(30)10(19)5-6-12(27)28/h8-11,13,26H,3-7,19H2,1-2H3,(H,23,31)(H,24,30)(H,25,29)(H,27,28)(H,32,33)(H4,20,21,22)/t8-,9+,10-,11-,13-/m0/s1. The van der Waals surface area contributed by atoms with E-state index in [4.69, 9.17) is 27.1 Å². The molecule has 0 bridgehead atoms. The van der Waals surface area contributed by atoms with Crippen LogP contribution in [0, 0.1) is 5.41 Å². The van der Waals surface area contributed by atoms with E-state index in [2.05, 4.69) is 21.3 Å². The molecule has 15 heteroatoms. The van der Waals surface area contributed by atoms with Crippen LogP contribution in [0.3, 0.4) is 0 Å². The third-order valence-electron chi connectivity index (χ3n) is 4.42. The Morgan fingerprint density at radius 2 is 1.55 bits per heavy atom. The Balaban J connectivity index is 5.15. The van der Waals surface area contributed by atoms with Crippen LogP contribution in [-0.4, -0.2) is 87.8 Å². The van der Waals surface area contributed by atoms with Gasteiger partial charge in [-0.1, -0.05) is 0 Å². The van der Waals surface area contributed by atoms with Gasteiger partial charge in [-0.2, -0.15) is 0 Å². The summed E-state index contributed by atoms with van der Waals surface area (Å²) in [6, 6.07) is -5.15. The number of carbonyl (C=O) groups is 5. The van der Waals surface area contributed by atoms with Gasteiger partial charge in [0.05, 0.1) is 12.1 Å². The number of aliphatic hydroxyl groups is 1. The summed E-state index contributed by atoms with van der Waals surface area (Å²) in [7, 11) is 0. The maximum Gasteiger partial charge on any atom is 0.328 e. The van der Waals surface area contributed by atoms with Crippen molar-refractivity contribution in [2.75, 3.05) is 6.54 Å². The van der Waals surface area contributed by atoms with E-state index in [1.54, 1.807) is 0 Å². The number of rotatable bonds is 15. The van der Waals surface area contributed by atoms with Crippen LogP contribution in [0.25, 0.3) is 0 Å². The van der Waals surface area contributed by atoms with Gasteiger partial charge in [0.1, 0.15) is 12.1 Å². The molecule has 0 rings (SSSR count). The van der Waals surface area contributed by atoms with Gasteiger partial charge in [0.25, 0.3) is 0 Å². The normalized spacial score (nSPS) is 15.2. The fraction of sp³-hybridized carbons (Fsp3) is 0.667. The Hall–Kier alpha value is -3.46. The molecule has 0 aliphatic carbocycles. The minimum Gasteiger partial charge on any atom is -0.481 e. The summed E-state index contributed by atoms with van der Waals surface area (Å²) in [5, 5.41) is 43.7. The summed E-state index contributed by atoms with van der Waals surface area (Å²) >= 11 is 0. The lowest BCUT2D eigenvalue weighted by atomic mass is 10.1. The number of carboxylic acids is 2. The van der Waals surface area contributed by atoms with Gasteiger partial charge >= 0.3 is 11.9 Å². The molecule has 188 valence electrons. The maximum absolute atomic E-state index is 12.7. The molecule has 15 nitrogen and oxygen atoms in total. The number of nitrogens with two attached hydrogens (primary N) is 2. The molecule has 0 spiro atoms. The molecule has 0 unspecified atom stereocenters. The van der Waals surface area contributed by atoms with Gasteiger partial charge < -0.3 is 48.1 Å². The number of guanidine groups is 1. The van der Waals surface area contributed by atoms with Gasteiger partial charge in [-0.05, 0) is 33.1 Å². The van der Waals surface area contributed by atoms with Crippen molar-refractivity contribution in [2.45, 2.75) is 69.8 Å². The number of carboxylic acid groups (broad SMARTS) is 2. The molecule has 33 heavy (non-hydrogen) atoms. The van der Waals surface area contributed by atoms with E-state index in [0.29, 0.717) is 0 Å². The molecule has 0 heterocycles. The first kappa shape index (κ1) is 29.5. The van der Waals surface area contributed by atoms with Crippen molar-refractivity contribution in [3.63, 3.8) is 0 Å². The summed E-state index contributed by atoms with van der Waals surface area (Å²) < 4.78 is 0. The van der Waals surface area contributed by atoms with E-state index in [9.17, 15) is 29.1 Å². The van der Waals surface area contributed by atoms with E-state index in [-0.39, 0.29) is 38.2 Å². The second-order valence-electron chi connectivity index (χ2n) is 7.38. The molecule has 12 N–H and O–H groups in total. The van der Waals surface area contributed by atoms with Crippen molar-refractivity contribution < 1.29 is 39.3 Å². The van der Waals surface area contributed by atoms with Crippen LogP contribution in [0.1, 0.15) is 39.5 Å². The van der Waals surface area contributed by atoms with Crippen molar-refractivity contribution in [1.82, 2.24) is 21.3 Å². The summed E-state index contributed by atoms with van der Waals surface area (Å²) in [5.41, 5.74) is 10.8. The highest BCUT2D eigenvalue weighted by atomic mass is 16.4. The largest absolute Gasteiger partial charge is 0.481 e. The maximum atomic E-state index is 12.7. The lowest BCUT2D eigenvalue weighted by molar-refractivity contribution is -0.145. The number of nitrogens with one attached hydrogen (secondary N) is 5. The zero-order chi connectivity index (χ0) is 25.7. The summed E-state index contributed by atoms with van der Waals surface area (Å²) in [6.07, 6.45) is -1.55. The molecular formula is C18H33N7O8. The molecule has 0 saturated carbocycles. The first-order valence-electron chi connectivity index (χ1n) is 10.1. The minimum absolute atomic E-state index is 0.0588. The molecule has 0 aromatic rings. The van der Waals surface area contributed by atoms with E-state index in [0.717, 1.165) is 0 Å². The molecule has 5 atom stereocenters. The number of amides is 3. The zero-order valence-corrected chi connectivity index (χ0v) is 18.5. The zero-order valence-electron chi connectivity index (χ0n) is 18.5. The number of aliphatic carboxylic acids is 2. The topological polar surface area (TPSA) is 270 Å². The van der Waals surface area contributed by atoms with Crippen LogP contribution < -0.4 is 32.7 Å². The summed E-state index contributed by atoms with van der Waals surface area (Å²) in [5.74, 6) is -5.31. The molecule has 0 fully saturated rings. The Morgan fingerprint density at radius 3 is 2.03 bits per heavy atom. The summed E-state index contributed by atoms with van der Waals surface area (Å²) in [4.78, 5) is 58.9. The van der Waals surface area contributed by atoms with E-state index >= 15 is 0 Å². The molecule has 0 radical (unpaired) electrons. The third kappa shape index (κ3) is 12.2. The van der Waals surface area contributed by atoms with Crippen LogP contribution in [0.5, 0.6) is 0 Å². The molecule has 0 aliphatic heterocycles. The third-order valence-corrected chi connectivity index (χ3v) is 4.42. The van der Waals surface area contributed by atoms with Crippen LogP contribution in [0.4, 0.5) is 0 Å². The van der Waals surface area contributed by atoms with Crippen molar-refractivity contribution in [3.05, 3.63) is 0 Å². The smallest absolute Gasteiger partial charge is 0.328 e. The number of carbonyl (C=O) groups excluding carboxylic acids is 3. The van der Waals surface area contributed by atoms with Gasteiger partial charge in [-0.15, -0.1) is 0 Å². The van der Waals surface area contributed by atoms with Crippen LogP contribution >= 0.6 is 0 Å². The second-order valence-corrected chi connectivity index (χ2v) is 7.38.